The lowest BCUT2D eigenvalue weighted by molar-refractivity contribution is 0.0980. The average molecular weight is 609 g/mol. The zero-order valence-corrected chi connectivity index (χ0v) is 25.9. The highest BCUT2D eigenvalue weighted by Crippen LogP contribution is 2.58. The Morgan fingerprint density at radius 1 is 1.17 bits per heavy atom. The second kappa shape index (κ2) is 10.8. The summed E-state index contributed by atoms with van der Waals surface area (Å²) in [7, 11) is 5.33. The van der Waals surface area contributed by atoms with Gasteiger partial charge in [-0.2, -0.15) is 5.10 Å². The van der Waals surface area contributed by atoms with Gasteiger partial charge in [0, 0.05) is 51.0 Å². The third-order valence-electron chi connectivity index (χ3n) is 8.32. The molecule has 3 aromatic heterocycles. The van der Waals surface area contributed by atoms with E-state index in [2.05, 4.69) is 25.0 Å². The molecule has 42 heavy (non-hydrogen) atoms. The van der Waals surface area contributed by atoms with Crippen molar-refractivity contribution in [3.8, 4) is 5.88 Å². The first-order valence-corrected chi connectivity index (χ1v) is 15.3. The molecule has 220 valence electrons. The number of fused-ring (bicyclic) bond motifs is 2. The standard InChI is InChI=1S/C29H33ClN8O3S/c1-14-9-16(15(2)31-20-7-8-22(30)32-26(20)27(39)35-42-6)25-17(10-14)28(40)36(3)29(33-25)38-12-18-19(13-38)24(18)21-11-23(41-5)37(4)34-21/h7-11,15,18-19,24,31H,12-13H2,1-6H3,(H,35,39). The number of aryl methyl sites for hydroxylation is 2. The van der Waals surface area contributed by atoms with Gasteiger partial charge in [-0.25, -0.2) is 14.6 Å². The second-order valence-corrected chi connectivity index (χ2v) is 12.1. The van der Waals surface area contributed by atoms with Crippen LogP contribution in [0.5, 0.6) is 5.88 Å². The molecule has 0 spiro atoms. The summed E-state index contributed by atoms with van der Waals surface area (Å²) < 4.78 is 11.5. The summed E-state index contributed by atoms with van der Waals surface area (Å²) in [5.41, 5.74) is 4.15. The Hall–Kier alpha value is -3.77. The average Bonchev–Trinajstić information content (AvgIpc) is 3.25. The first kappa shape index (κ1) is 28.4. The third-order valence-corrected chi connectivity index (χ3v) is 8.92. The first-order valence-electron chi connectivity index (χ1n) is 13.7. The smallest absolute Gasteiger partial charge is 0.281 e. The van der Waals surface area contributed by atoms with Crippen LogP contribution < -0.4 is 25.2 Å². The Kier molecular flexibility index (Phi) is 7.30. The molecular weight excluding hydrogens is 576 g/mol. The Morgan fingerprint density at radius 2 is 1.90 bits per heavy atom. The minimum atomic E-state index is -0.349. The van der Waals surface area contributed by atoms with Crippen LogP contribution in [0.2, 0.25) is 5.15 Å². The predicted molar refractivity (Wildman–Crippen MR) is 166 cm³/mol. The number of nitrogens with zero attached hydrogens (tertiary/aromatic N) is 6. The molecule has 1 aromatic carbocycles. The molecule has 6 rings (SSSR count). The van der Waals surface area contributed by atoms with E-state index in [4.69, 9.17) is 21.3 Å². The van der Waals surface area contributed by atoms with Gasteiger partial charge in [-0.15, -0.1) is 0 Å². The van der Waals surface area contributed by atoms with Crippen LogP contribution in [-0.2, 0) is 14.1 Å². The van der Waals surface area contributed by atoms with Gasteiger partial charge in [0.1, 0.15) is 5.15 Å². The fraction of sp³-hybridized carbons (Fsp3) is 0.414. The monoisotopic (exact) mass is 608 g/mol. The fourth-order valence-corrected chi connectivity index (χ4v) is 6.71. The predicted octanol–water partition coefficient (Wildman–Crippen LogP) is 4.06. The van der Waals surface area contributed by atoms with Crippen LogP contribution in [0.25, 0.3) is 10.9 Å². The number of ether oxygens (including phenoxy) is 1. The number of amides is 1. The zero-order chi connectivity index (χ0) is 29.9. The van der Waals surface area contributed by atoms with Crippen LogP contribution in [0, 0.1) is 18.8 Å². The van der Waals surface area contributed by atoms with E-state index in [1.807, 2.05) is 39.1 Å². The van der Waals surface area contributed by atoms with Crippen LogP contribution in [0.3, 0.4) is 0 Å². The number of piperidine rings is 1. The minimum absolute atomic E-state index is 0.0908. The maximum absolute atomic E-state index is 13.7. The number of rotatable bonds is 8. The number of anilines is 2. The molecule has 3 unspecified atom stereocenters. The quantitative estimate of drug-likeness (QED) is 0.225. The van der Waals surface area contributed by atoms with E-state index in [9.17, 15) is 9.59 Å². The maximum atomic E-state index is 13.7. The van der Waals surface area contributed by atoms with E-state index >= 15 is 0 Å². The summed E-state index contributed by atoms with van der Waals surface area (Å²) in [6, 6.07) is 9.03. The minimum Gasteiger partial charge on any atom is -0.481 e. The number of aromatic nitrogens is 5. The highest BCUT2D eigenvalue weighted by molar-refractivity contribution is 7.97. The first-order chi connectivity index (χ1) is 20.1. The molecule has 1 saturated carbocycles. The van der Waals surface area contributed by atoms with E-state index in [-0.39, 0.29) is 28.4 Å². The number of carbonyl (C=O) groups is 1. The van der Waals surface area contributed by atoms with Crippen molar-refractivity contribution in [2.75, 3.05) is 36.7 Å². The largest absolute Gasteiger partial charge is 0.481 e. The van der Waals surface area contributed by atoms with Gasteiger partial charge in [0.05, 0.1) is 35.4 Å². The van der Waals surface area contributed by atoms with Crippen LogP contribution in [0.4, 0.5) is 11.6 Å². The number of hydrogen-bond donors (Lipinski definition) is 2. The SMILES string of the molecule is COc1cc(C2C3CN(c4nc5c(C(C)Nc6ccc(Cl)nc6C(=O)NSC)cc(C)cc5c(=O)n4C)CC32)nn1C. The molecule has 1 amide bonds. The number of hydrogen-bond acceptors (Lipinski definition) is 9. The van der Waals surface area contributed by atoms with Crippen molar-refractivity contribution < 1.29 is 9.53 Å². The van der Waals surface area contributed by atoms with Crippen molar-refractivity contribution in [2.45, 2.75) is 25.8 Å². The molecule has 2 N–H and O–H groups in total. The van der Waals surface area contributed by atoms with Crippen molar-refractivity contribution >= 4 is 52.0 Å². The van der Waals surface area contributed by atoms with Crippen molar-refractivity contribution in [3.63, 3.8) is 0 Å². The van der Waals surface area contributed by atoms with Gasteiger partial charge in [0.15, 0.2) is 5.69 Å². The number of halogens is 1. The van der Waals surface area contributed by atoms with Gasteiger partial charge >= 0.3 is 0 Å². The normalized spacial score (nSPS) is 20.0. The van der Waals surface area contributed by atoms with E-state index in [0.717, 1.165) is 35.8 Å². The van der Waals surface area contributed by atoms with E-state index in [0.29, 0.717) is 40.3 Å². The Morgan fingerprint density at radius 3 is 2.57 bits per heavy atom. The number of nitrogens with one attached hydrogen (secondary N) is 2. The Bertz CT molecular complexity index is 1760. The highest BCUT2D eigenvalue weighted by atomic mass is 35.5. The number of benzene rings is 1. The molecule has 4 aromatic rings. The Labute approximate surface area is 252 Å². The van der Waals surface area contributed by atoms with Gasteiger partial charge in [-0.05, 0) is 49.4 Å². The van der Waals surface area contributed by atoms with Crippen LogP contribution in [0.1, 0.15) is 46.2 Å². The summed E-state index contributed by atoms with van der Waals surface area (Å²) >= 11 is 7.30. The van der Waals surface area contributed by atoms with Crippen LogP contribution in [-0.4, -0.2) is 56.7 Å². The maximum Gasteiger partial charge on any atom is 0.281 e. The molecular formula is C29H33ClN8O3S. The molecule has 0 bridgehead atoms. The van der Waals surface area contributed by atoms with Crippen molar-refractivity contribution in [1.82, 2.24) is 29.0 Å². The van der Waals surface area contributed by atoms with Crippen molar-refractivity contribution in [1.29, 1.82) is 0 Å². The molecule has 1 saturated heterocycles. The van der Waals surface area contributed by atoms with Crippen molar-refractivity contribution in [3.05, 3.63) is 68.4 Å². The van der Waals surface area contributed by atoms with Crippen LogP contribution >= 0.6 is 23.5 Å². The number of methoxy groups -OCH3 is 1. The molecule has 13 heteroatoms. The molecule has 2 fully saturated rings. The summed E-state index contributed by atoms with van der Waals surface area (Å²) in [6.07, 6.45) is 1.76. The van der Waals surface area contributed by atoms with Gasteiger partial charge in [-0.3, -0.25) is 18.9 Å². The lowest BCUT2D eigenvalue weighted by Crippen LogP contribution is -2.32. The van der Waals surface area contributed by atoms with E-state index in [1.54, 1.807) is 41.8 Å². The zero-order valence-electron chi connectivity index (χ0n) is 24.3. The number of carbonyl (C=O) groups excluding carboxylic acids is 1. The molecule has 11 nitrogen and oxygen atoms in total. The summed E-state index contributed by atoms with van der Waals surface area (Å²) in [5.74, 6) is 2.36. The van der Waals surface area contributed by atoms with E-state index < -0.39 is 0 Å². The summed E-state index contributed by atoms with van der Waals surface area (Å²) in [5, 5.41) is 8.85. The lowest BCUT2D eigenvalue weighted by atomic mass is 10.0. The second-order valence-electron chi connectivity index (χ2n) is 11.1. The lowest BCUT2D eigenvalue weighted by Gasteiger charge is -2.25. The van der Waals surface area contributed by atoms with Crippen molar-refractivity contribution in [2.24, 2.45) is 25.9 Å². The molecule has 1 aliphatic carbocycles. The van der Waals surface area contributed by atoms with Gasteiger partial charge in [-0.1, -0.05) is 29.6 Å². The summed E-state index contributed by atoms with van der Waals surface area (Å²) in [4.78, 5) is 37.9. The topological polar surface area (TPSA) is 119 Å². The van der Waals surface area contributed by atoms with E-state index in [1.165, 1.54) is 11.9 Å². The van der Waals surface area contributed by atoms with Gasteiger partial charge in [0.25, 0.3) is 11.5 Å². The molecule has 4 heterocycles. The fourth-order valence-electron chi connectivity index (χ4n) is 6.28. The molecule has 3 atom stereocenters. The third kappa shape index (κ3) is 4.86. The number of pyridine rings is 1. The summed E-state index contributed by atoms with van der Waals surface area (Å²) in [6.45, 7) is 5.55. The molecule has 1 aliphatic heterocycles. The molecule has 2 aliphatic rings. The van der Waals surface area contributed by atoms with Crippen LogP contribution in [0.15, 0.2) is 35.1 Å². The van der Waals surface area contributed by atoms with Gasteiger partial charge < -0.3 is 15.0 Å². The Balaban J connectivity index is 1.31. The van der Waals surface area contributed by atoms with Gasteiger partial charge in [0.2, 0.25) is 11.8 Å². The molecule has 0 radical (unpaired) electrons. The highest BCUT2D eigenvalue weighted by Gasteiger charge is 2.58.